The fraction of sp³-hybridized carbons (Fsp3) is 0.500. The van der Waals surface area contributed by atoms with Gasteiger partial charge >= 0.3 is 6.18 Å². The molecule has 0 spiro atoms. The predicted molar refractivity (Wildman–Crippen MR) is 38.5 cm³/mol. The average Bonchev–Trinajstić information content (AvgIpc) is 2.16. The third-order valence-electron chi connectivity index (χ3n) is 1.05. The van der Waals surface area contributed by atoms with Gasteiger partial charge in [0.05, 0.1) is 0 Å². The van der Waals surface area contributed by atoms with E-state index in [4.69, 9.17) is 11.6 Å². The lowest BCUT2D eigenvalue weighted by Gasteiger charge is -2.06. The van der Waals surface area contributed by atoms with Crippen molar-refractivity contribution in [1.29, 1.82) is 0 Å². The Balaban J connectivity index is 2.96. The van der Waals surface area contributed by atoms with Crippen LogP contribution in [-0.4, -0.2) is 20.9 Å². The van der Waals surface area contributed by atoms with E-state index < -0.39 is 12.7 Å². The molecule has 3 nitrogen and oxygen atoms in total. The maximum Gasteiger partial charge on any atom is 0.406 e. The van der Waals surface area contributed by atoms with Crippen LogP contribution in [0.15, 0.2) is 0 Å². The third-order valence-corrected chi connectivity index (χ3v) is 1.65. The minimum Gasteiger partial charge on any atom is -0.282 e. The topological polar surface area (TPSA) is 33.6 Å². The Labute approximate surface area is 75.1 Å². The minimum atomic E-state index is -4.34. The summed E-state index contributed by atoms with van der Waals surface area (Å²) < 4.78 is 36.0. The molecule has 1 heterocycles. The highest BCUT2D eigenvalue weighted by Crippen LogP contribution is 2.19. The van der Waals surface area contributed by atoms with Crippen molar-refractivity contribution in [1.82, 2.24) is 14.8 Å². The quantitative estimate of drug-likeness (QED) is 0.732. The number of halogens is 4. The molecule has 0 aliphatic heterocycles. The van der Waals surface area contributed by atoms with Crippen LogP contribution in [-0.2, 0) is 6.54 Å². The maximum absolute atomic E-state index is 11.8. The lowest BCUT2D eigenvalue weighted by Crippen LogP contribution is -2.17. The smallest absolute Gasteiger partial charge is 0.282 e. The Morgan fingerprint density at radius 3 is 2.50 bits per heavy atom. The van der Waals surface area contributed by atoms with E-state index in [1.54, 1.807) is 0 Å². The summed E-state index contributed by atoms with van der Waals surface area (Å²) in [5, 5.41) is 5.16. The zero-order valence-corrected chi connectivity index (χ0v) is 7.09. The Morgan fingerprint density at radius 1 is 1.58 bits per heavy atom. The first kappa shape index (κ1) is 9.53. The summed E-state index contributed by atoms with van der Waals surface area (Å²) in [6.07, 6.45) is -4.34. The number of aromatic nitrogens is 3. The molecule has 1 aromatic rings. The molecule has 0 unspecified atom stereocenters. The minimum absolute atomic E-state index is 0.141. The van der Waals surface area contributed by atoms with Crippen LogP contribution in [0.2, 0.25) is 5.28 Å². The Hall–Kier alpha value is -0.560. The average molecular weight is 218 g/mol. The maximum atomic E-state index is 11.8. The highest BCUT2D eigenvalue weighted by molar-refractivity contribution is 7.71. The molecule has 8 heteroatoms. The first-order valence-corrected chi connectivity index (χ1v) is 3.56. The van der Waals surface area contributed by atoms with Crippen LogP contribution >= 0.6 is 23.8 Å². The molecule has 68 valence electrons. The lowest BCUT2D eigenvalue weighted by molar-refractivity contribution is -0.140. The molecule has 0 radical (unpaired) electrons. The molecule has 0 saturated heterocycles. The summed E-state index contributed by atoms with van der Waals surface area (Å²) in [4.78, 5) is 0. The van der Waals surface area contributed by atoms with E-state index in [0.29, 0.717) is 4.57 Å². The van der Waals surface area contributed by atoms with Crippen molar-refractivity contribution in [2.24, 2.45) is 0 Å². The van der Waals surface area contributed by atoms with Crippen molar-refractivity contribution < 1.29 is 13.2 Å². The molecule has 0 aliphatic carbocycles. The molecule has 0 bridgehead atoms. The largest absolute Gasteiger partial charge is 0.406 e. The van der Waals surface area contributed by atoms with E-state index in [1.807, 2.05) is 0 Å². The number of hydrogen-bond acceptors (Lipinski definition) is 2. The molecular weight excluding hydrogens is 215 g/mol. The highest BCUT2D eigenvalue weighted by Gasteiger charge is 2.29. The molecule has 1 rings (SSSR count). The molecule has 1 aromatic heterocycles. The van der Waals surface area contributed by atoms with Gasteiger partial charge in [-0.1, -0.05) is 0 Å². The van der Waals surface area contributed by atoms with Crippen molar-refractivity contribution in [2.45, 2.75) is 12.7 Å². The van der Waals surface area contributed by atoms with Gasteiger partial charge in [0.25, 0.3) is 0 Å². The van der Waals surface area contributed by atoms with Gasteiger partial charge in [-0.25, -0.2) is 0 Å². The van der Waals surface area contributed by atoms with E-state index in [-0.39, 0.29) is 10.1 Å². The van der Waals surface area contributed by atoms with Crippen LogP contribution in [0.1, 0.15) is 0 Å². The summed E-state index contributed by atoms with van der Waals surface area (Å²) >= 11 is 9.81. The number of nitrogens with zero attached hydrogens (tertiary/aromatic N) is 2. The van der Waals surface area contributed by atoms with Gasteiger partial charge < -0.3 is 0 Å². The molecular formula is C4H3ClF3N3S. The van der Waals surface area contributed by atoms with Crippen LogP contribution in [0.4, 0.5) is 13.2 Å². The number of rotatable bonds is 1. The van der Waals surface area contributed by atoms with E-state index in [1.165, 1.54) is 0 Å². The molecule has 0 fully saturated rings. The first-order chi connectivity index (χ1) is 5.40. The van der Waals surface area contributed by atoms with Gasteiger partial charge in [-0.3, -0.25) is 9.67 Å². The summed E-state index contributed by atoms with van der Waals surface area (Å²) in [6, 6.07) is 0. The van der Waals surface area contributed by atoms with Crippen molar-refractivity contribution in [3.8, 4) is 0 Å². The normalized spacial score (nSPS) is 12.0. The van der Waals surface area contributed by atoms with Gasteiger partial charge in [0.15, 0.2) is 4.77 Å². The molecule has 0 aromatic carbocycles. The zero-order valence-electron chi connectivity index (χ0n) is 5.52. The Kier molecular flexibility index (Phi) is 2.43. The van der Waals surface area contributed by atoms with Crippen LogP contribution < -0.4 is 0 Å². The fourth-order valence-corrected chi connectivity index (χ4v) is 1.05. The molecule has 0 aliphatic rings. The fourth-order valence-electron chi connectivity index (χ4n) is 0.615. The van der Waals surface area contributed by atoms with Crippen LogP contribution in [0, 0.1) is 4.77 Å². The summed E-state index contributed by atoms with van der Waals surface area (Å²) in [6.45, 7) is -1.22. The number of alkyl halides is 3. The van der Waals surface area contributed by atoms with E-state index >= 15 is 0 Å². The predicted octanol–water partition coefficient (Wildman–Crippen LogP) is 2.16. The van der Waals surface area contributed by atoms with Crippen molar-refractivity contribution >= 4 is 23.8 Å². The Morgan fingerprint density at radius 2 is 2.17 bits per heavy atom. The van der Waals surface area contributed by atoms with Gasteiger partial charge in [0.1, 0.15) is 6.54 Å². The van der Waals surface area contributed by atoms with Crippen LogP contribution in [0.3, 0.4) is 0 Å². The summed E-state index contributed by atoms with van der Waals surface area (Å²) in [7, 11) is 0. The van der Waals surface area contributed by atoms with Crippen LogP contribution in [0.25, 0.3) is 0 Å². The van der Waals surface area contributed by atoms with Crippen LogP contribution in [0.5, 0.6) is 0 Å². The first-order valence-electron chi connectivity index (χ1n) is 2.77. The monoisotopic (exact) mass is 217 g/mol. The molecule has 0 amide bonds. The summed E-state index contributed by atoms with van der Waals surface area (Å²) in [5.41, 5.74) is 0. The number of H-pyrrole nitrogens is 1. The van der Waals surface area contributed by atoms with Crippen molar-refractivity contribution in [2.75, 3.05) is 0 Å². The van der Waals surface area contributed by atoms with Crippen molar-refractivity contribution in [3.05, 3.63) is 10.1 Å². The third kappa shape index (κ3) is 2.21. The molecule has 1 N–H and O–H groups in total. The molecule has 12 heavy (non-hydrogen) atoms. The highest BCUT2D eigenvalue weighted by atomic mass is 35.5. The van der Waals surface area contributed by atoms with Gasteiger partial charge in [-0.2, -0.15) is 13.2 Å². The molecule has 0 saturated carbocycles. The van der Waals surface area contributed by atoms with E-state index in [9.17, 15) is 13.2 Å². The Bertz CT molecular complexity index is 327. The second-order valence-electron chi connectivity index (χ2n) is 2.00. The zero-order chi connectivity index (χ0) is 9.35. The van der Waals surface area contributed by atoms with E-state index in [2.05, 4.69) is 22.4 Å². The number of hydrogen-bond donors (Lipinski definition) is 1. The lowest BCUT2D eigenvalue weighted by atomic mass is 10.6. The standard InChI is InChI=1S/C4H3ClF3N3S/c5-2-9-10-3(12)11(2)1-4(6,7)8/h1H2,(H,10,12). The number of nitrogens with one attached hydrogen (secondary N) is 1. The second kappa shape index (κ2) is 3.06. The SMILES string of the molecule is FC(F)(F)Cn1c(Cl)n[nH]c1=S. The molecule has 0 atom stereocenters. The van der Waals surface area contributed by atoms with Crippen molar-refractivity contribution in [3.63, 3.8) is 0 Å². The van der Waals surface area contributed by atoms with Gasteiger partial charge in [-0.05, 0) is 23.8 Å². The van der Waals surface area contributed by atoms with E-state index in [0.717, 1.165) is 0 Å². The van der Waals surface area contributed by atoms with Gasteiger partial charge in [0.2, 0.25) is 5.28 Å². The second-order valence-corrected chi connectivity index (χ2v) is 2.72. The number of aromatic amines is 1. The summed E-state index contributed by atoms with van der Waals surface area (Å²) in [5.74, 6) is 0. The van der Waals surface area contributed by atoms with Gasteiger partial charge in [-0.15, -0.1) is 5.10 Å². The van der Waals surface area contributed by atoms with Gasteiger partial charge in [0, 0.05) is 0 Å².